The second-order valence-corrected chi connectivity index (χ2v) is 4.92. The molecule has 0 aliphatic rings. The zero-order chi connectivity index (χ0) is 13.1. The Kier molecular flexibility index (Phi) is 3.60. The Morgan fingerprint density at radius 1 is 1.33 bits per heavy atom. The Labute approximate surface area is 107 Å². The van der Waals surface area contributed by atoms with Gasteiger partial charge in [-0.2, -0.15) is 0 Å². The van der Waals surface area contributed by atoms with Crippen LogP contribution in [0.25, 0.3) is 10.9 Å². The minimum Gasteiger partial charge on any atom is -0.352 e. The fraction of sp³-hybridized carbons (Fsp3) is 0.333. The molecule has 0 bridgehead atoms. The summed E-state index contributed by atoms with van der Waals surface area (Å²) in [6.45, 7) is 6.71. The van der Waals surface area contributed by atoms with Crippen LogP contribution in [0.15, 0.2) is 30.3 Å². The van der Waals surface area contributed by atoms with E-state index in [0.717, 1.165) is 16.6 Å². The van der Waals surface area contributed by atoms with E-state index in [0.29, 0.717) is 18.0 Å². The van der Waals surface area contributed by atoms with E-state index in [9.17, 15) is 4.79 Å². The van der Waals surface area contributed by atoms with Gasteiger partial charge in [0, 0.05) is 11.9 Å². The minimum absolute atomic E-state index is 0.0422. The molecule has 1 amide bonds. The van der Waals surface area contributed by atoms with Crippen LogP contribution in [-0.2, 0) is 0 Å². The number of rotatable bonds is 3. The summed E-state index contributed by atoms with van der Waals surface area (Å²) in [4.78, 5) is 16.5. The summed E-state index contributed by atoms with van der Waals surface area (Å²) in [6, 6.07) is 9.74. The predicted octanol–water partition coefficient (Wildman–Crippen LogP) is 2.93. The summed E-state index contributed by atoms with van der Waals surface area (Å²) < 4.78 is 0. The van der Waals surface area contributed by atoms with E-state index in [-0.39, 0.29) is 5.91 Å². The van der Waals surface area contributed by atoms with Crippen molar-refractivity contribution < 1.29 is 4.79 Å². The third-order valence-electron chi connectivity index (χ3n) is 2.83. The van der Waals surface area contributed by atoms with Crippen LogP contribution in [0.1, 0.15) is 29.9 Å². The Morgan fingerprint density at radius 2 is 2.06 bits per heavy atom. The number of carbonyl (C=O) groups excluding carboxylic acids is 1. The molecule has 0 atom stereocenters. The zero-order valence-corrected chi connectivity index (χ0v) is 11.0. The van der Waals surface area contributed by atoms with Crippen LogP contribution in [-0.4, -0.2) is 17.4 Å². The number of aryl methyl sites for hydroxylation is 1. The topological polar surface area (TPSA) is 42.0 Å². The van der Waals surface area contributed by atoms with Gasteiger partial charge in [-0.15, -0.1) is 0 Å². The maximum atomic E-state index is 12.1. The molecule has 0 saturated carbocycles. The minimum atomic E-state index is -0.0422. The lowest BCUT2D eigenvalue weighted by Gasteiger charge is -2.10. The molecular weight excluding hydrogens is 224 g/mol. The molecule has 2 aromatic rings. The number of para-hydroxylation sites is 1. The van der Waals surface area contributed by atoms with Crippen molar-refractivity contribution in [2.24, 2.45) is 5.92 Å². The number of amides is 1. The van der Waals surface area contributed by atoms with Gasteiger partial charge < -0.3 is 5.32 Å². The van der Waals surface area contributed by atoms with Gasteiger partial charge in [0.25, 0.3) is 5.91 Å². The van der Waals surface area contributed by atoms with E-state index in [4.69, 9.17) is 0 Å². The molecule has 0 aliphatic carbocycles. The van der Waals surface area contributed by atoms with E-state index < -0.39 is 0 Å². The number of hydrogen-bond donors (Lipinski definition) is 1. The lowest BCUT2D eigenvalue weighted by Crippen LogP contribution is -2.28. The highest BCUT2D eigenvalue weighted by Gasteiger charge is 2.11. The Hall–Kier alpha value is -1.90. The summed E-state index contributed by atoms with van der Waals surface area (Å²) >= 11 is 0. The SMILES string of the molecule is Cc1nc2ccccc2cc1C(=O)NCC(C)C. The van der Waals surface area contributed by atoms with Crippen LogP contribution in [0.3, 0.4) is 0 Å². The van der Waals surface area contributed by atoms with Gasteiger partial charge >= 0.3 is 0 Å². The fourth-order valence-electron chi connectivity index (χ4n) is 1.83. The van der Waals surface area contributed by atoms with Gasteiger partial charge in [-0.05, 0) is 25.0 Å². The van der Waals surface area contributed by atoms with Crippen molar-refractivity contribution in [3.63, 3.8) is 0 Å². The van der Waals surface area contributed by atoms with Gasteiger partial charge in [-0.3, -0.25) is 9.78 Å². The van der Waals surface area contributed by atoms with E-state index in [2.05, 4.69) is 24.1 Å². The van der Waals surface area contributed by atoms with Crippen molar-refractivity contribution in [1.82, 2.24) is 10.3 Å². The first-order valence-corrected chi connectivity index (χ1v) is 6.22. The van der Waals surface area contributed by atoms with Gasteiger partial charge in [-0.1, -0.05) is 32.0 Å². The molecule has 3 nitrogen and oxygen atoms in total. The molecular formula is C15H18N2O. The van der Waals surface area contributed by atoms with Gasteiger partial charge in [0.2, 0.25) is 0 Å². The second-order valence-electron chi connectivity index (χ2n) is 4.92. The first kappa shape index (κ1) is 12.6. The number of nitrogens with zero attached hydrogens (tertiary/aromatic N) is 1. The monoisotopic (exact) mass is 242 g/mol. The average molecular weight is 242 g/mol. The van der Waals surface area contributed by atoms with Crippen LogP contribution >= 0.6 is 0 Å². The summed E-state index contributed by atoms with van der Waals surface area (Å²) in [6.07, 6.45) is 0. The number of nitrogens with one attached hydrogen (secondary N) is 1. The highest BCUT2D eigenvalue weighted by molar-refractivity contribution is 5.98. The lowest BCUT2D eigenvalue weighted by molar-refractivity contribution is 0.0948. The molecule has 18 heavy (non-hydrogen) atoms. The van der Waals surface area contributed by atoms with E-state index in [1.54, 1.807) is 0 Å². The number of carbonyl (C=O) groups is 1. The van der Waals surface area contributed by atoms with E-state index in [1.165, 1.54) is 0 Å². The van der Waals surface area contributed by atoms with E-state index >= 15 is 0 Å². The molecule has 1 aromatic heterocycles. The molecule has 1 heterocycles. The number of aromatic nitrogens is 1. The smallest absolute Gasteiger partial charge is 0.253 e. The molecule has 1 N–H and O–H groups in total. The Balaban J connectivity index is 2.32. The molecule has 0 saturated heterocycles. The molecule has 0 spiro atoms. The summed E-state index contributed by atoms with van der Waals surface area (Å²) in [7, 11) is 0. The number of pyridine rings is 1. The molecule has 0 aliphatic heterocycles. The Morgan fingerprint density at radius 3 is 2.78 bits per heavy atom. The average Bonchev–Trinajstić information content (AvgIpc) is 2.35. The molecule has 3 heteroatoms. The quantitative estimate of drug-likeness (QED) is 0.899. The highest BCUT2D eigenvalue weighted by atomic mass is 16.1. The third-order valence-corrected chi connectivity index (χ3v) is 2.83. The van der Waals surface area contributed by atoms with Crippen molar-refractivity contribution in [3.05, 3.63) is 41.6 Å². The largest absolute Gasteiger partial charge is 0.352 e. The maximum Gasteiger partial charge on any atom is 0.253 e. The Bertz CT molecular complexity index is 576. The molecule has 1 aromatic carbocycles. The molecule has 0 unspecified atom stereocenters. The first-order valence-electron chi connectivity index (χ1n) is 6.22. The summed E-state index contributed by atoms with van der Waals surface area (Å²) in [5.41, 5.74) is 2.36. The highest BCUT2D eigenvalue weighted by Crippen LogP contribution is 2.16. The van der Waals surface area contributed by atoms with E-state index in [1.807, 2.05) is 37.3 Å². The normalized spacial score (nSPS) is 10.9. The van der Waals surface area contributed by atoms with Crippen LogP contribution < -0.4 is 5.32 Å². The fourth-order valence-corrected chi connectivity index (χ4v) is 1.83. The summed E-state index contributed by atoms with van der Waals surface area (Å²) in [5, 5.41) is 3.92. The standard InChI is InChI=1S/C15H18N2O/c1-10(2)9-16-15(18)13-8-12-6-4-5-7-14(12)17-11(13)3/h4-8,10H,9H2,1-3H3,(H,16,18). The van der Waals surface area contributed by atoms with Gasteiger partial charge in [0.1, 0.15) is 0 Å². The van der Waals surface area contributed by atoms with Crippen molar-refractivity contribution in [2.75, 3.05) is 6.54 Å². The first-order chi connectivity index (χ1) is 8.58. The van der Waals surface area contributed by atoms with Crippen molar-refractivity contribution >= 4 is 16.8 Å². The third kappa shape index (κ3) is 2.67. The van der Waals surface area contributed by atoms with Crippen LogP contribution in [0.5, 0.6) is 0 Å². The summed E-state index contributed by atoms with van der Waals surface area (Å²) in [5.74, 6) is 0.405. The van der Waals surface area contributed by atoms with Crippen LogP contribution in [0.4, 0.5) is 0 Å². The number of benzene rings is 1. The molecule has 0 radical (unpaired) electrons. The number of hydrogen-bond acceptors (Lipinski definition) is 2. The van der Waals surface area contributed by atoms with Crippen molar-refractivity contribution in [2.45, 2.75) is 20.8 Å². The van der Waals surface area contributed by atoms with Gasteiger partial charge in [0.05, 0.1) is 16.8 Å². The van der Waals surface area contributed by atoms with Crippen LogP contribution in [0, 0.1) is 12.8 Å². The van der Waals surface area contributed by atoms with Crippen molar-refractivity contribution in [1.29, 1.82) is 0 Å². The van der Waals surface area contributed by atoms with Crippen LogP contribution in [0.2, 0.25) is 0 Å². The predicted molar refractivity (Wildman–Crippen MR) is 73.7 cm³/mol. The van der Waals surface area contributed by atoms with Gasteiger partial charge in [-0.25, -0.2) is 0 Å². The maximum absolute atomic E-state index is 12.1. The number of fused-ring (bicyclic) bond motifs is 1. The van der Waals surface area contributed by atoms with Crippen molar-refractivity contribution in [3.8, 4) is 0 Å². The molecule has 2 rings (SSSR count). The van der Waals surface area contributed by atoms with Gasteiger partial charge in [0.15, 0.2) is 0 Å². The molecule has 0 fully saturated rings. The molecule has 94 valence electrons. The lowest BCUT2D eigenvalue weighted by atomic mass is 10.1. The zero-order valence-electron chi connectivity index (χ0n) is 11.0. The second kappa shape index (κ2) is 5.17.